The van der Waals surface area contributed by atoms with Gasteiger partial charge in [0.05, 0.1) is 16.8 Å². The molecule has 3 aromatic heterocycles. The fourth-order valence-corrected chi connectivity index (χ4v) is 3.94. The van der Waals surface area contributed by atoms with E-state index in [1.807, 2.05) is 55.5 Å². The van der Waals surface area contributed by atoms with Crippen LogP contribution in [0.15, 0.2) is 72.4 Å². The Morgan fingerprint density at radius 3 is 2.81 bits per heavy atom. The summed E-state index contributed by atoms with van der Waals surface area (Å²) in [4.78, 5) is 23.2. The highest BCUT2D eigenvalue weighted by Gasteiger charge is 2.16. The first-order valence-electron chi connectivity index (χ1n) is 8.84. The molecule has 1 amide bonds. The molecule has 1 N–H and O–H groups in total. The zero-order chi connectivity index (χ0) is 18.6. The van der Waals surface area contributed by atoms with Crippen LogP contribution in [0.2, 0.25) is 0 Å². The zero-order valence-corrected chi connectivity index (χ0v) is 15.7. The zero-order valence-electron chi connectivity index (χ0n) is 14.9. The molecule has 0 radical (unpaired) electrons. The van der Waals surface area contributed by atoms with Crippen LogP contribution in [0.25, 0.3) is 22.2 Å². The Morgan fingerprint density at radius 2 is 2.04 bits per heavy atom. The third-order valence-electron chi connectivity index (χ3n) is 4.38. The van der Waals surface area contributed by atoms with E-state index in [1.54, 1.807) is 23.7 Å². The minimum absolute atomic E-state index is 0.0462. The molecular formula is C22H19N3OS. The molecule has 0 saturated heterocycles. The topological polar surface area (TPSA) is 54.9 Å². The molecule has 0 aliphatic rings. The number of para-hydroxylation sites is 1. The van der Waals surface area contributed by atoms with Crippen LogP contribution in [0, 0.1) is 0 Å². The summed E-state index contributed by atoms with van der Waals surface area (Å²) in [6.45, 7) is 2.03. The van der Waals surface area contributed by atoms with Gasteiger partial charge in [-0.25, -0.2) is 4.98 Å². The molecular weight excluding hydrogens is 354 g/mol. The van der Waals surface area contributed by atoms with Crippen LogP contribution in [-0.2, 0) is 6.42 Å². The van der Waals surface area contributed by atoms with E-state index in [-0.39, 0.29) is 11.9 Å². The number of rotatable bonds is 5. The molecule has 4 nitrogen and oxygen atoms in total. The van der Waals surface area contributed by atoms with Crippen molar-refractivity contribution >= 4 is 28.1 Å². The van der Waals surface area contributed by atoms with Crippen molar-refractivity contribution in [2.45, 2.75) is 19.4 Å². The second-order valence-electron chi connectivity index (χ2n) is 6.47. The summed E-state index contributed by atoms with van der Waals surface area (Å²) in [6, 6.07) is 17.6. The van der Waals surface area contributed by atoms with Gasteiger partial charge in [0.15, 0.2) is 0 Å². The highest BCUT2D eigenvalue weighted by atomic mass is 32.1. The number of benzene rings is 1. The van der Waals surface area contributed by atoms with Crippen LogP contribution in [-0.4, -0.2) is 21.9 Å². The summed E-state index contributed by atoms with van der Waals surface area (Å²) in [6.07, 6.45) is 4.31. The molecule has 0 saturated carbocycles. The van der Waals surface area contributed by atoms with Crippen molar-refractivity contribution in [1.29, 1.82) is 0 Å². The minimum atomic E-state index is -0.0807. The highest BCUT2D eigenvalue weighted by molar-refractivity contribution is 7.09. The van der Waals surface area contributed by atoms with Crippen molar-refractivity contribution in [2.75, 3.05) is 0 Å². The Balaban J connectivity index is 1.68. The van der Waals surface area contributed by atoms with Gasteiger partial charge in [0.2, 0.25) is 0 Å². The van der Waals surface area contributed by atoms with Gasteiger partial charge >= 0.3 is 0 Å². The average Bonchev–Trinajstić information content (AvgIpc) is 3.20. The van der Waals surface area contributed by atoms with E-state index in [4.69, 9.17) is 4.98 Å². The van der Waals surface area contributed by atoms with E-state index < -0.39 is 0 Å². The Morgan fingerprint density at radius 1 is 1.15 bits per heavy atom. The van der Waals surface area contributed by atoms with Crippen molar-refractivity contribution in [3.05, 3.63) is 82.8 Å². The number of hydrogen-bond acceptors (Lipinski definition) is 4. The normalized spacial score (nSPS) is 12.0. The molecule has 1 aromatic carbocycles. The second-order valence-corrected chi connectivity index (χ2v) is 7.50. The molecule has 0 fully saturated rings. The second kappa shape index (κ2) is 7.68. The van der Waals surface area contributed by atoms with E-state index in [0.29, 0.717) is 5.56 Å². The average molecular weight is 373 g/mol. The minimum Gasteiger partial charge on any atom is -0.349 e. The molecule has 1 unspecified atom stereocenters. The van der Waals surface area contributed by atoms with Gasteiger partial charge < -0.3 is 5.32 Å². The lowest BCUT2D eigenvalue weighted by Crippen LogP contribution is -2.34. The van der Waals surface area contributed by atoms with Crippen molar-refractivity contribution in [3.63, 3.8) is 0 Å². The summed E-state index contributed by atoms with van der Waals surface area (Å²) >= 11 is 1.71. The first-order valence-corrected chi connectivity index (χ1v) is 9.72. The van der Waals surface area contributed by atoms with Crippen LogP contribution in [0.4, 0.5) is 0 Å². The van der Waals surface area contributed by atoms with Crippen molar-refractivity contribution in [2.24, 2.45) is 0 Å². The lowest BCUT2D eigenvalue weighted by Gasteiger charge is -2.15. The number of nitrogens with one attached hydrogen (secondary N) is 1. The SMILES string of the molecule is CC(Cc1cccs1)NC(=O)c1cc(-c2cccnc2)nc2ccccc12. The number of nitrogens with zero attached hydrogens (tertiary/aromatic N) is 2. The van der Waals surface area contributed by atoms with Gasteiger partial charge in [-0.05, 0) is 42.6 Å². The Hall–Kier alpha value is -3.05. The van der Waals surface area contributed by atoms with E-state index in [1.165, 1.54) is 4.88 Å². The van der Waals surface area contributed by atoms with E-state index in [9.17, 15) is 4.79 Å². The summed E-state index contributed by atoms with van der Waals surface area (Å²) < 4.78 is 0. The predicted molar refractivity (Wildman–Crippen MR) is 110 cm³/mol. The number of carbonyl (C=O) groups is 1. The highest BCUT2D eigenvalue weighted by Crippen LogP contribution is 2.24. The van der Waals surface area contributed by atoms with Gasteiger partial charge in [-0.3, -0.25) is 9.78 Å². The summed E-state index contributed by atoms with van der Waals surface area (Å²) in [7, 11) is 0. The maximum atomic E-state index is 13.0. The fourth-order valence-electron chi connectivity index (χ4n) is 3.11. The third-order valence-corrected chi connectivity index (χ3v) is 5.28. The molecule has 0 bridgehead atoms. The predicted octanol–water partition coefficient (Wildman–Crippen LogP) is 4.72. The maximum Gasteiger partial charge on any atom is 0.252 e. The van der Waals surface area contributed by atoms with E-state index >= 15 is 0 Å². The van der Waals surface area contributed by atoms with E-state index in [0.717, 1.165) is 28.6 Å². The van der Waals surface area contributed by atoms with Gasteiger partial charge in [0.1, 0.15) is 0 Å². The van der Waals surface area contributed by atoms with Crippen molar-refractivity contribution < 1.29 is 4.79 Å². The Kier molecular flexibility index (Phi) is 4.94. The van der Waals surface area contributed by atoms with Gasteiger partial charge in [-0.2, -0.15) is 0 Å². The van der Waals surface area contributed by atoms with Crippen LogP contribution >= 0.6 is 11.3 Å². The first kappa shape index (κ1) is 17.4. The number of hydrogen-bond donors (Lipinski definition) is 1. The number of amides is 1. The van der Waals surface area contributed by atoms with Crippen molar-refractivity contribution in [1.82, 2.24) is 15.3 Å². The van der Waals surface area contributed by atoms with Crippen molar-refractivity contribution in [3.8, 4) is 11.3 Å². The molecule has 27 heavy (non-hydrogen) atoms. The summed E-state index contributed by atoms with van der Waals surface area (Å²) in [5.41, 5.74) is 3.08. The third kappa shape index (κ3) is 3.88. The quantitative estimate of drug-likeness (QED) is 0.551. The number of pyridine rings is 2. The Labute approximate surface area is 161 Å². The van der Waals surface area contributed by atoms with Gasteiger partial charge in [0.25, 0.3) is 5.91 Å². The molecule has 134 valence electrons. The molecule has 0 aliphatic heterocycles. The van der Waals surface area contributed by atoms with E-state index in [2.05, 4.69) is 21.7 Å². The van der Waals surface area contributed by atoms with Crippen LogP contribution in [0.3, 0.4) is 0 Å². The first-order chi connectivity index (χ1) is 13.2. The molecule has 1 atom stereocenters. The molecule has 3 heterocycles. The lowest BCUT2D eigenvalue weighted by molar-refractivity contribution is 0.0942. The number of thiophene rings is 1. The molecule has 4 aromatic rings. The molecule has 4 rings (SSSR count). The number of aromatic nitrogens is 2. The molecule has 0 spiro atoms. The van der Waals surface area contributed by atoms with Gasteiger partial charge in [-0.15, -0.1) is 11.3 Å². The fraction of sp³-hybridized carbons (Fsp3) is 0.136. The maximum absolute atomic E-state index is 13.0. The summed E-state index contributed by atoms with van der Waals surface area (Å²) in [5, 5.41) is 6.04. The number of carbonyl (C=O) groups excluding carboxylic acids is 1. The molecule has 5 heteroatoms. The standard InChI is InChI=1S/C22H19N3OS/c1-15(12-17-7-5-11-27-17)24-22(26)19-13-21(16-6-4-10-23-14-16)25-20-9-3-2-8-18(19)20/h2-11,13-15H,12H2,1H3,(H,24,26). The van der Waals surface area contributed by atoms with Crippen LogP contribution < -0.4 is 5.32 Å². The molecule has 0 aliphatic carbocycles. The van der Waals surface area contributed by atoms with Crippen LogP contribution in [0.5, 0.6) is 0 Å². The lowest BCUT2D eigenvalue weighted by atomic mass is 10.0. The van der Waals surface area contributed by atoms with Gasteiger partial charge in [-0.1, -0.05) is 24.3 Å². The Bertz CT molecular complexity index is 1060. The largest absolute Gasteiger partial charge is 0.349 e. The van der Waals surface area contributed by atoms with Gasteiger partial charge in [0, 0.05) is 40.7 Å². The van der Waals surface area contributed by atoms with Crippen LogP contribution in [0.1, 0.15) is 22.2 Å². The smallest absolute Gasteiger partial charge is 0.252 e. The summed E-state index contributed by atoms with van der Waals surface area (Å²) in [5.74, 6) is -0.0807. The number of fused-ring (bicyclic) bond motifs is 1. The monoisotopic (exact) mass is 373 g/mol.